The van der Waals surface area contributed by atoms with Gasteiger partial charge in [0.15, 0.2) is 0 Å². The van der Waals surface area contributed by atoms with Gasteiger partial charge in [0.05, 0.1) is 5.92 Å². The quantitative estimate of drug-likeness (QED) is 0.887. The standard InChI is InChI=1S/C15H19F3N2O.ClH/c16-15(17,18)13(11-5-2-1-3-6-11)9-14(21)20-12-7-4-8-19-10-12;/h1-3,5-6,12-13,19H,4,7-10H2,(H,20,21);1H/t12-,13?;/m0./s1. The van der Waals surface area contributed by atoms with Gasteiger partial charge in [0.2, 0.25) is 5.91 Å². The number of benzene rings is 1. The summed E-state index contributed by atoms with van der Waals surface area (Å²) in [5.74, 6) is -2.30. The minimum absolute atomic E-state index is 0. The molecule has 2 N–H and O–H groups in total. The van der Waals surface area contributed by atoms with Crippen LogP contribution < -0.4 is 10.6 Å². The molecule has 1 aliphatic rings. The molecule has 0 aliphatic carbocycles. The van der Waals surface area contributed by atoms with Crippen molar-refractivity contribution in [3.05, 3.63) is 35.9 Å². The molecule has 0 radical (unpaired) electrons. The molecular weight excluding hydrogens is 317 g/mol. The number of hydrogen-bond donors (Lipinski definition) is 2. The van der Waals surface area contributed by atoms with Crippen LogP contribution in [0.5, 0.6) is 0 Å². The monoisotopic (exact) mass is 336 g/mol. The molecule has 0 bridgehead atoms. The lowest BCUT2D eigenvalue weighted by Crippen LogP contribution is -2.46. The maximum Gasteiger partial charge on any atom is 0.396 e. The summed E-state index contributed by atoms with van der Waals surface area (Å²) in [5.41, 5.74) is 0.127. The first kappa shape index (κ1) is 18.8. The minimum atomic E-state index is -4.43. The Morgan fingerprint density at radius 2 is 2.00 bits per heavy atom. The van der Waals surface area contributed by atoms with E-state index >= 15 is 0 Å². The minimum Gasteiger partial charge on any atom is -0.352 e. The molecule has 22 heavy (non-hydrogen) atoms. The highest BCUT2D eigenvalue weighted by atomic mass is 35.5. The summed E-state index contributed by atoms with van der Waals surface area (Å²) in [7, 11) is 0. The molecule has 0 aromatic heterocycles. The predicted molar refractivity (Wildman–Crippen MR) is 81.1 cm³/mol. The van der Waals surface area contributed by atoms with Crippen LogP contribution in [0.1, 0.15) is 30.7 Å². The van der Waals surface area contributed by atoms with Crippen molar-refractivity contribution < 1.29 is 18.0 Å². The van der Waals surface area contributed by atoms with E-state index in [0.29, 0.717) is 6.54 Å². The van der Waals surface area contributed by atoms with E-state index in [2.05, 4.69) is 10.6 Å². The molecular formula is C15H20ClF3N2O. The predicted octanol–water partition coefficient (Wildman–Crippen LogP) is 3.01. The molecule has 3 nitrogen and oxygen atoms in total. The number of piperidine rings is 1. The van der Waals surface area contributed by atoms with Crippen LogP contribution in [0.15, 0.2) is 30.3 Å². The Bertz CT molecular complexity index is 462. The number of halogens is 4. The number of amides is 1. The van der Waals surface area contributed by atoms with E-state index in [1.165, 1.54) is 12.1 Å². The Hall–Kier alpha value is -1.27. The van der Waals surface area contributed by atoms with Crippen LogP contribution in [0.2, 0.25) is 0 Å². The largest absolute Gasteiger partial charge is 0.396 e. The van der Waals surface area contributed by atoms with Crippen molar-refractivity contribution in [2.75, 3.05) is 13.1 Å². The highest BCUT2D eigenvalue weighted by Gasteiger charge is 2.42. The summed E-state index contributed by atoms with van der Waals surface area (Å²) < 4.78 is 39.5. The molecule has 1 amide bonds. The second-order valence-corrected chi connectivity index (χ2v) is 5.32. The second-order valence-electron chi connectivity index (χ2n) is 5.32. The molecule has 124 valence electrons. The molecule has 1 unspecified atom stereocenters. The van der Waals surface area contributed by atoms with Crippen LogP contribution in [0.4, 0.5) is 13.2 Å². The molecule has 0 spiro atoms. The number of nitrogens with one attached hydrogen (secondary N) is 2. The van der Waals surface area contributed by atoms with Gasteiger partial charge in [-0.15, -0.1) is 12.4 Å². The van der Waals surface area contributed by atoms with E-state index in [9.17, 15) is 18.0 Å². The maximum atomic E-state index is 13.2. The third kappa shape index (κ3) is 5.50. The lowest BCUT2D eigenvalue weighted by atomic mass is 9.94. The van der Waals surface area contributed by atoms with Crippen molar-refractivity contribution in [2.24, 2.45) is 0 Å². The molecule has 1 saturated heterocycles. The fourth-order valence-electron chi connectivity index (χ4n) is 2.55. The Labute approximate surface area is 134 Å². The van der Waals surface area contributed by atoms with Gasteiger partial charge in [-0.25, -0.2) is 0 Å². The zero-order chi connectivity index (χ0) is 15.3. The first-order valence-corrected chi connectivity index (χ1v) is 7.08. The summed E-state index contributed by atoms with van der Waals surface area (Å²) >= 11 is 0. The van der Waals surface area contributed by atoms with Crippen LogP contribution in [-0.2, 0) is 4.79 Å². The summed E-state index contributed by atoms with van der Waals surface area (Å²) in [4.78, 5) is 11.9. The second kappa shape index (κ2) is 8.39. The lowest BCUT2D eigenvalue weighted by molar-refractivity contribution is -0.157. The Morgan fingerprint density at radius 1 is 1.32 bits per heavy atom. The van der Waals surface area contributed by atoms with Crippen LogP contribution >= 0.6 is 12.4 Å². The number of rotatable bonds is 4. The summed E-state index contributed by atoms with van der Waals surface area (Å²) in [6.07, 6.45) is -3.26. The van der Waals surface area contributed by atoms with E-state index < -0.39 is 24.4 Å². The van der Waals surface area contributed by atoms with Crippen LogP contribution in [-0.4, -0.2) is 31.2 Å². The van der Waals surface area contributed by atoms with Gasteiger partial charge < -0.3 is 10.6 Å². The van der Waals surface area contributed by atoms with Gasteiger partial charge in [0, 0.05) is 19.0 Å². The van der Waals surface area contributed by atoms with Crippen molar-refractivity contribution in [1.82, 2.24) is 10.6 Å². The molecule has 1 fully saturated rings. The van der Waals surface area contributed by atoms with Gasteiger partial charge in [-0.3, -0.25) is 4.79 Å². The van der Waals surface area contributed by atoms with E-state index in [4.69, 9.17) is 0 Å². The number of carbonyl (C=O) groups is 1. The maximum absolute atomic E-state index is 13.2. The number of carbonyl (C=O) groups excluding carboxylic acids is 1. The Kier molecular flexibility index (Phi) is 7.16. The molecule has 1 aromatic carbocycles. The Morgan fingerprint density at radius 3 is 2.55 bits per heavy atom. The molecule has 0 saturated carbocycles. The van der Waals surface area contributed by atoms with Gasteiger partial charge in [-0.05, 0) is 24.9 Å². The zero-order valence-electron chi connectivity index (χ0n) is 12.0. The summed E-state index contributed by atoms with van der Waals surface area (Å²) in [6.45, 7) is 1.51. The molecule has 1 aliphatic heterocycles. The average Bonchev–Trinajstić information content (AvgIpc) is 2.45. The third-order valence-electron chi connectivity index (χ3n) is 3.65. The molecule has 2 atom stereocenters. The van der Waals surface area contributed by atoms with Crippen molar-refractivity contribution in [3.63, 3.8) is 0 Å². The first-order chi connectivity index (χ1) is 9.97. The number of hydrogen-bond acceptors (Lipinski definition) is 2. The first-order valence-electron chi connectivity index (χ1n) is 7.08. The van der Waals surface area contributed by atoms with E-state index in [0.717, 1.165) is 19.4 Å². The van der Waals surface area contributed by atoms with Gasteiger partial charge in [0.1, 0.15) is 0 Å². The normalized spacial score (nSPS) is 19.9. The zero-order valence-corrected chi connectivity index (χ0v) is 12.8. The van der Waals surface area contributed by atoms with Crippen molar-refractivity contribution >= 4 is 18.3 Å². The molecule has 2 rings (SSSR count). The summed E-state index contributed by atoms with van der Waals surface area (Å²) in [6, 6.07) is 7.51. The van der Waals surface area contributed by atoms with Gasteiger partial charge in [0.25, 0.3) is 0 Å². The number of alkyl halides is 3. The molecule has 1 heterocycles. The van der Waals surface area contributed by atoms with Gasteiger partial charge >= 0.3 is 6.18 Å². The highest BCUT2D eigenvalue weighted by Crippen LogP contribution is 2.37. The van der Waals surface area contributed by atoms with Crippen molar-refractivity contribution in [3.8, 4) is 0 Å². The van der Waals surface area contributed by atoms with E-state index in [-0.39, 0.29) is 24.0 Å². The van der Waals surface area contributed by atoms with E-state index in [1.54, 1.807) is 18.2 Å². The highest BCUT2D eigenvalue weighted by molar-refractivity contribution is 5.85. The van der Waals surface area contributed by atoms with E-state index in [1.807, 2.05) is 0 Å². The fourth-order valence-corrected chi connectivity index (χ4v) is 2.55. The smallest absolute Gasteiger partial charge is 0.352 e. The third-order valence-corrected chi connectivity index (χ3v) is 3.65. The SMILES string of the molecule is Cl.O=C(CC(c1ccccc1)C(F)(F)F)N[C@H]1CCCNC1. The average molecular weight is 337 g/mol. The molecule has 7 heteroatoms. The molecule has 1 aromatic rings. The lowest BCUT2D eigenvalue weighted by Gasteiger charge is -2.25. The van der Waals surface area contributed by atoms with Crippen LogP contribution in [0.25, 0.3) is 0 Å². The van der Waals surface area contributed by atoms with Gasteiger partial charge in [-0.2, -0.15) is 13.2 Å². The van der Waals surface area contributed by atoms with Gasteiger partial charge in [-0.1, -0.05) is 30.3 Å². The topological polar surface area (TPSA) is 41.1 Å². The van der Waals surface area contributed by atoms with Crippen LogP contribution in [0.3, 0.4) is 0 Å². The van der Waals surface area contributed by atoms with Crippen molar-refractivity contribution in [2.45, 2.75) is 37.4 Å². The fraction of sp³-hybridized carbons (Fsp3) is 0.533. The Balaban J connectivity index is 0.00000242. The van der Waals surface area contributed by atoms with Crippen LogP contribution in [0, 0.1) is 0 Å². The van der Waals surface area contributed by atoms with Crippen molar-refractivity contribution in [1.29, 1.82) is 0 Å². The summed E-state index contributed by atoms with van der Waals surface area (Å²) in [5, 5.41) is 5.81.